The fourth-order valence-corrected chi connectivity index (χ4v) is 2.04. The Morgan fingerprint density at radius 3 is 1.85 bits per heavy atom. The van der Waals surface area contributed by atoms with Gasteiger partial charge in [0.1, 0.15) is 18.1 Å². The van der Waals surface area contributed by atoms with Crippen LogP contribution in [0.25, 0.3) is 0 Å². The molecule has 0 fully saturated rings. The molecule has 0 aromatic heterocycles. The summed E-state index contributed by atoms with van der Waals surface area (Å²) in [6.45, 7) is 1.21. The van der Waals surface area contributed by atoms with Crippen molar-refractivity contribution in [3.05, 3.63) is 0 Å². The zero-order valence-corrected chi connectivity index (χ0v) is 15.8. The van der Waals surface area contributed by atoms with E-state index in [0.29, 0.717) is 0 Å². The average molecular weight is 409 g/mol. The SMILES string of the molecule is CC(NC(=O)C(CC(N)=O)NC(=O)C(CS)NC(=O)C(N)CS)C(=O)O. The molecule has 0 aromatic carbocycles. The standard InChI is InChI=1S/C13H23N5O6S2/c1-5(13(23)24)16-11(21)7(2-9(15)19)17-12(22)8(4-26)18-10(20)6(14)3-25/h5-8,25-26H,2-4,14H2,1H3,(H2,15,19)(H,16,21)(H,17,22)(H,18,20)(H,23,24). The summed E-state index contributed by atoms with van der Waals surface area (Å²) in [5.41, 5.74) is 10.5. The van der Waals surface area contributed by atoms with Crippen LogP contribution < -0.4 is 27.4 Å². The Bertz CT molecular complexity index is 561. The zero-order chi connectivity index (χ0) is 20.4. The van der Waals surface area contributed by atoms with Crippen LogP contribution in [0.2, 0.25) is 0 Å². The van der Waals surface area contributed by atoms with Gasteiger partial charge in [-0.05, 0) is 6.92 Å². The van der Waals surface area contributed by atoms with Gasteiger partial charge >= 0.3 is 5.97 Å². The fraction of sp³-hybridized carbons (Fsp3) is 0.615. The molecule has 0 rings (SSSR count). The van der Waals surface area contributed by atoms with E-state index in [1.54, 1.807) is 0 Å². The molecule has 4 amide bonds. The van der Waals surface area contributed by atoms with Crippen molar-refractivity contribution in [2.45, 2.75) is 37.5 Å². The number of carboxylic acids is 1. The van der Waals surface area contributed by atoms with E-state index in [4.69, 9.17) is 16.6 Å². The molecule has 0 bridgehead atoms. The summed E-state index contributed by atoms with van der Waals surface area (Å²) < 4.78 is 0. The molecular formula is C13H23N5O6S2. The third-order valence-electron chi connectivity index (χ3n) is 3.12. The van der Waals surface area contributed by atoms with E-state index in [9.17, 15) is 24.0 Å². The molecule has 26 heavy (non-hydrogen) atoms. The van der Waals surface area contributed by atoms with Crippen molar-refractivity contribution in [3.63, 3.8) is 0 Å². The van der Waals surface area contributed by atoms with Crippen LogP contribution in [0.3, 0.4) is 0 Å². The lowest BCUT2D eigenvalue weighted by Crippen LogP contribution is -2.58. The molecular weight excluding hydrogens is 386 g/mol. The molecule has 0 aliphatic rings. The molecule has 0 spiro atoms. The van der Waals surface area contributed by atoms with Crippen LogP contribution in [0, 0.1) is 0 Å². The Morgan fingerprint density at radius 2 is 1.42 bits per heavy atom. The molecule has 0 aliphatic heterocycles. The van der Waals surface area contributed by atoms with Gasteiger partial charge in [0, 0.05) is 11.5 Å². The van der Waals surface area contributed by atoms with Crippen LogP contribution in [0.1, 0.15) is 13.3 Å². The van der Waals surface area contributed by atoms with Crippen molar-refractivity contribution in [1.29, 1.82) is 0 Å². The first-order valence-corrected chi connectivity index (χ1v) is 8.69. The molecule has 0 saturated carbocycles. The maximum absolute atomic E-state index is 12.3. The number of amides is 4. The van der Waals surface area contributed by atoms with Gasteiger partial charge in [-0.2, -0.15) is 25.3 Å². The number of hydrogen-bond donors (Lipinski definition) is 8. The maximum atomic E-state index is 12.3. The van der Waals surface area contributed by atoms with Gasteiger partial charge in [-0.25, -0.2) is 0 Å². The van der Waals surface area contributed by atoms with Gasteiger partial charge in [0.25, 0.3) is 0 Å². The molecule has 11 nitrogen and oxygen atoms in total. The smallest absolute Gasteiger partial charge is 0.325 e. The van der Waals surface area contributed by atoms with Crippen molar-refractivity contribution >= 4 is 54.9 Å². The molecule has 0 radical (unpaired) electrons. The Morgan fingerprint density at radius 1 is 0.923 bits per heavy atom. The number of primary amides is 1. The van der Waals surface area contributed by atoms with E-state index in [0.717, 1.165) is 0 Å². The number of hydrogen-bond acceptors (Lipinski definition) is 8. The van der Waals surface area contributed by atoms with Gasteiger partial charge in [0.15, 0.2) is 0 Å². The number of carboxylic acid groups (broad SMARTS) is 1. The quantitative estimate of drug-likeness (QED) is 0.163. The van der Waals surface area contributed by atoms with Crippen LogP contribution in [0.5, 0.6) is 0 Å². The highest BCUT2D eigenvalue weighted by atomic mass is 32.1. The van der Waals surface area contributed by atoms with Crippen molar-refractivity contribution in [2.75, 3.05) is 11.5 Å². The second kappa shape index (κ2) is 11.6. The Kier molecular flexibility index (Phi) is 10.7. The minimum Gasteiger partial charge on any atom is -0.480 e. The molecule has 0 aromatic rings. The summed E-state index contributed by atoms with van der Waals surface area (Å²) in [6, 6.07) is -4.75. The minimum absolute atomic E-state index is 0.0481. The van der Waals surface area contributed by atoms with E-state index in [2.05, 4.69) is 41.2 Å². The topological polar surface area (TPSA) is 194 Å². The van der Waals surface area contributed by atoms with E-state index < -0.39 is 60.2 Å². The molecule has 13 heteroatoms. The number of rotatable bonds is 11. The van der Waals surface area contributed by atoms with Gasteiger partial charge < -0.3 is 32.5 Å². The van der Waals surface area contributed by atoms with Gasteiger partial charge in [-0.1, -0.05) is 0 Å². The predicted octanol–water partition coefficient (Wildman–Crippen LogP) is -3.39. The predicted molar refractivity (Wildman–Crippen MR) is 98.6 cm³/mol. The number of aliphatic carboxylic acids is 1. The van der Waals surface area contributed by atoms with Crippen molar-refractivity contribution in [1.82, 2.24) is 16.0 Å². The summed E-state index contributed by atoms with van der Waals surface area (Å²) in [6.07, 6.45) is -0.562. The summed E-state index contributed by atoms with van der Waals surface area (Å²) in [5.74, 6) is -4.64. The van der Waals surface area contributed by atoms with Crippen molar-refractivity contribution < 1.29 is 29.1 Å². The van der Waals surface area contributed by atoms with E-state index in [1.807, 2.05) is 0 Å². The lowest BCUT2D eigenvalue weighted by atomic mass is 10.1. The summed E-state index contributed by atoms with van der Waals surface area (Å²) >= 11 is 7.82. The lowest BCUT2D eigenvalue weighted by Gasteiger charge is -2.23. The zero-order valence-electron chi connectivity index (χ0n) is 14.0. The Labute approximate surface area is 160 Å². The van der Waals surface area contributed by atoms with Crippen LogP contribution in [-0.2, 0) is 24.0 Å². The highest BCUT2D eigenvalue weighted by Gasteiger charge is 2.29. The van der Waals surface area contributed by atoms with E-state index in [-0.39, 0.29) is 11.5 Å². The lowest BCUT2D eigenvalue weighted by molar-refractivity contribution is -0.142. The molecule has 4 atom stereocenters. The monoisotopic (exact) mass is 409 g/mol. The second-order valence-electron chi connectivity index (χ2n) is 5.33. The fourth-order valence-electron chi connectivity index (χ4n) is 1.61. The van der Waals surface area contributed by atoms with Gasteiger partial charge in [-0.3, -0.25) is 24.0 Å². The number of carbonyl (C=O) groups excluding carboxylic acids is 4. The summed E-state index contributed by atoms with van der Waals surface area (Å²) in [7, 11) is 0. The first-order valence-electron chi connectivity index (χ1n) is 7.43. The second-order valence-corrected chi connectivity index (χ2v) is 6.06. The number of thiol groups is 2. The Balaban J connectivity index is 5.08. The molecule has 0 heterocycles. The van der Waals surface area contributed by atoms with Crippen LogP contribution in [-0.4, -0.2) is 70.4 Å². The van der Waals surface area contributed by atoms with Crippen molar-refractivity contribution in [2.24, 2.45) is 11.5 Å². The first-order chi connectivity index (χ1) is 12.0. The van der Waals surface area contributed by atoms with Gasteiger partial charge in [0.2, 0.25) is 23.6 Å². The minimum atomic E-state index is -1.42. The third kappa shape index (κ3) is 8.40. The maximum Gasteiger partial charge on any atom is 0.325 e. The van der Waals surface area contributed by atoms with Crippen molar-refractivity contribution in [3.8, 4) is 0 Å². The number of carbonyl (C=O) groups is 5. The van der Waals surface area contributed by atoms with Crippen LogP contribution in [0.4, 0.5) is 0 Å². The molecule has 4 unspecified atom stereocenters. The number of nitrogens with one attached hydrogen (secondary N) is 3. The Hall–Kier alpha value is -1.99. The van der Waals surface area contributed by atoms with E-state index >= 15 is 0 Å². The molecule has 0 saturated heterocycles. The van der Waals surface area contributed by atoms with Crippen LogP contribution in [0.15, 0.2) is 0 Å². The molecule has 0 aliphatic carbocycles. The van der Waals surface area contributed by atoms with Gasteiger partial charge in [0.05, 0.1) is 12.5 Å². The first kappa shape index (κ1) is 24.0. The third-order valence-corrected chi connectivity index (χ3v) is 3.88. The average Bonchev–Trinajstić information content (AvgIpc) is 2.56. The highest BCUT2D eigenvalue weighted by Crippen LogP contribution is 1.98. The number of nitrogens with two attached hydrogens (primary N) is 2. The molecule has 148 valence electrons. The summed E-state index contributed by atoms with van der Waals surface area (Å²) in [5, 5.41) is 15.5. The normalized spacial score (nSPS) is 15.1. The van der Waals surface area contributed by atoms with Gasteiger partial charge in [-0.15, -0.1) is 0 Å². The highest BCUT2D eigenvalue weighted by molar-refractivity contribution is 7.80. The largest absolute Gasteiger partial charge is 0.480 e. The van der Waals surface area contributed by atoms with Crippen LogP contribution >= 0.6 is 25.3 Å². The van der Waals surface area contributed by atoms with E-state index in [1.165, 1.54) is 6.92 Å². The summed E-state index contributed by atoms with van der Waals surface area (Å²) in [4.78, 5) is 58.0. The molecule has 8 N–H and O–H groups in total.